The summed E-state index contributed by atoms with van der Waals surface area (Å²) in [7, 11) is 0. The minimum atomic E-state index is 0.581. The second kappa shape index (κ2) is 5.59. The van der Waals surface area contributed by atoms with Crippen molar-refractivity contribution in [3.05, 3.63) is 35.4 Å². The first-order valence-corrected chi connectivity index (χ1v) is 8.63. The summed E-state index contributed by atoms with van der Waals surface area (Å²) in [5.41, 5.74) is 2.15. The number of fused-ring (bicyclic) bond motifs is 1. The quantitative estimate of drug-likeness (QED) is 0.748. The van der Waals surface area contributed by atoms with Crippen LogP contribution in [0.25, 0.3) is 0 Å². The van der Waals surface area contributed by atoms with E-state index in [9.17, 15) is 0 Å². The first-order chi connectivity index (χ1) is 8.86. The molecule has 0 spiro atoms. The third-order valence-corrected chi connectivity index (χ3v) is 7.34. The Balaban J connectivity index is 1.71. The van der Waals surface area contributed by atoms with Gasteiger partial charge in [-0.3, -0.25) is 0 Å². The van der Waals surface area contributed by atoms with Crippen LogP contribution in [0.15, 0.2) is 24.3 Å². The molecule has 3 atom stereocenters. The lowest BCUT2D eigenvalue weighted by Crippen LogP contribution is -2.28. The summed E-state index contributed by atoms with van der Waals surface area (Å²) in [6, 6.07) is 10.3. The smallest absolute Gasteiger partial charge is 0.0991 e. The molecular formula is C15H17NS2. The molecule has 1 nitrogen and oxygen atoms in total. The van der Waals surface area contributed by atoms with Gasteiger partial charge in [0, 0.05) is 5.25 Å². The average molecular weight is 275 g/mol. The normalized spacial score (nSPS) is 31.4. The number of thioether (sulfide) groups is 2. The zero-order valence-corrected chi connectivity index (χ0v) is 12.0. The predicted molar refractivity (Wildman–Crippen MR) is 79.7 cm³/mol. The number of nitrogens with zero attached hydrogens (tertiary/aromatic N) is 1. The van der Waals surface area contributed by atoms with Gasteiger partial charge in [0.15, 0.2) is 0 Å². The van der Waals surface area contributed by atoms with Crippen LogP contribution in [0.2, 0.25) is 0 Å². The Labute approximate surface area is 117 Å². The van der Waals surface area contributed by atoms with Gasteiger partial charge in [0.05, 0.1) is 16.2 Å². The van der Waals surface area contributed by atoms with Gasteiger partial charge < -0.3 is 0 Å². The number of nitriles is 1. The van der Waals surface area contributed by atoms with Crippen LogP contribution in [0.5, 0.6) is 0 Å². The van der Waals surface area contributed by atoms with Crippen molar-refractivity contribution in [3.8, 4) is 6.07 Å². The van der Waals surface area contributed by atoms with Gasteiger partial charge in [0.2, 0.25) is 0 Å². The van der Waals surface area contributed by atoms with Crippen molar-refractivity contribution in [2.45, 2.75) is 35.5 Å². The average Bonchev–Trinajstić information content (AvgIpc) is 2.47. The van der Waals surface area contributed by atoms with Crippen LogP contribution in [0, 0.1) is 17.2 Å². The molecule has 2 aliphatic rings. The standard InChI is InChI=1S/C15H17NS2/c16-9-11-5-7-12(8-6-11)15-17-10-13-3-1-2-4-14(13)18-15/h5-8,13-15H,1-4,10H2/t13-,14+,15-/m1/s1. The van der Waals surface area contributed by atoms with E-state index in [2.05, 4.69) is 41.7 Å². The largest absolute Gasteiger partial charge is 0.192 e. The lowest BCUT2D eigenvalue weighted by molar-refractivity contribution is 0.401. The van der Waals surface area contributed by atoms with Crippen molar-refractivity contribution in [3.63, 3.8) is 0 Å². The van der Waals surface area contributed by atoms with Gasteiger partial charge in [-0.1, -0.05) is 25.0 Å². The number of hydrogen-bond acceptors (Lipinski definition) is 3. The van der Waals surface area contributed by atoms with E-state index < -0.39 is 0 Å². The molecular weight excluding hydrogens is 258 g/mol. The molecule has 94 valence electrons. The fraction of sp³-hybridized carbons (Fsp3) is 0.533. The Morgan fingerprint density at radius 2 is 1.89 bits per heavy atom. The molecule has 0 amide bonds. The topological polar surface area (TPSA) is 23.8 Å². The molecule has 1 aliphatic heterocycles. The maximum atomic E-state index is 8.83. The molecule has 0 N–H and O–H groups in total. The SMILES string of the molecule is N#Cc1ccc([C@@H]2SC[C@H]3CCCC[C@@H]3S2)cc1. The molecule has 0 bridgehead atoms. The lowest BCUT2D eigenvalue weighted by atomic mass is 9.90. The molecule has 18 heavy (non-hydrogen) atoms. The Kier molecular flexibility index (Phi) is 3.86. The molecule has 2 fully saturated rings. The summed E-state index contributed by atoms with van der Waals surface area (Å²) in [4.78, 5) is 0. The van der Waals surface area contributed by atoms with Gasteiger partial charge in [-0.2, -0.15) is 5.26 Å². The first-order valence-electron chi connectivity index (χ1n) is 6.64. The number of rotatable bonds is 1. The van der Waals surface area contributed by atoms with Gasteiger partial charge in [-0.05, 0) is 42.2 Å². The van der Waals surface area contributed by atoms with Crippen molar-refractivity contribution in [2.75, 3.05) is 5.75 Å². The van der Waals surface area contributed by atoms with E-state index in [4.69, 9.17) is 5.26 Å². The fourth-order valence-electron chi connectivity index (χ4n) is 2.84. The van der Waals surface area contributed by atoms with E-state index in [-0.39, 0.29) is 0 Å². The molecule has 0 aromatic heterocycles. The highest BCUT2D eigenvalue weighted by Crippen LogP contribution is 2.52. The van der Waals surface area contributed by atoms with Crippen molar-refractivity contribution < 1.29 is 0 Å². The van der Waals surface area contributed by atoms with E-state index in [1.165, 1.54) is 37.0 Å². The molecule has 1 saturated heterocycles. The van der Waals surface area contributed by atoms with Gasteiger partial charge in [0.1, 0.15) is 0 Å². The zero-order chi connectivity index (χ0) is 12.4. The van der Waals surface area contributed by atoms with Crippen molar-refractivity contribution in [1.82, 2.24) is 0 Å². The van der Waals surface area contributed by atoms with Gasteiger partial charge >= 0.3 is 0 Å². The summed E-state index contributed by atoms with van der Waals surface area (Å²) in [5.74, 6) is 2.27. The Morgan fingerprint density at radius 1 is 1.11 bits per heavy atom. The van der Waals surface area contributed by atoms with Crippen LogP contribution in [0.3, 0.4) is 0 Å². The van der Waals surface area contributed by atoms with Crippen LogP contribution in [0.1, 0.15) is 41.4 Å². The second-order valence-corrected chi connectivity index (χ2v) is 7.90. The van der Waals surface area contributed by atoms with Crippen molar-refractivity contribution in [2.24, 2.45) is 5.92 Å². The summed E-state index contributed by atoms with van der Waals surface area (Å²) in [6.07, 6.45) is 5.69. The van der Waals surface area contributed by atoms with Crippen molar-refractivity contribution >= 4 is 23.5 Å². The van der Waals surface area contributed by atoms with E-state index >= 15 is 0 Å². The summed E-state index contributed by atoms with van der Waals surface area (Å²) < 4.78 is 0.581. The number of hydrogen-bond donors (Lipinski definition) is 0. The summed E-state index contributed by atoms with van der Waals surface area (Å²) in [5, 5.41) is 9.71. The fourth-order valence-corrected chi connectivity index (χ4v) is 6.50. The minimum absolute atomic E-state index is 0.581. The molecule has 3 heteroatoms. The van der Waals surface area contributed by atoms with Crippen LogP contribution in [-0.4, -0.2) is 11.0 Å². The van der Waals surface area contributed by atoms with Crippen molar-refractivity contribution in [1.29, 1.82) is 5.26 Å². The predicted octanol–water partition coefficient (Wildman–Crippen LogP) is 4.60. The summed E-state index contributed by atoms with van der Waals surface area (Å²) >= 11 is 4.26. The molecule has 1 aliphatic carbocycles. The van der Waals surface area contributed by atoms with Gasteiger partial charge in [0.25, 0.3) is 0 Å². The third kappa shape index (κ3) is 2.55. The van der Waals surface area contributed by atoms with E-state index in [1.807, 2.05) is 12.1 Å². The van der Waals surface area contributed by atoms with Crippen LogP contribution in [-0.2, 0) is 0 Å². The number of benzene rings is 1. The van der Waals surface area contributed by atoms with Crippen LogP contribution < -0.4 is 0 Å². The highest BCUT2D eigenvalue weighted by molar-refractivity contribution is 8.17. The van der Waals surface area contributed by atoms with E-state index in [0.29, 0.717) is 4.58 Å². The summed E-state index contributed by atoms with van der Waals surface area (Å²) in [6.45, 7) is 0. The molecule has 1 heterocycles. The maximum absolute atomic E-state index is 8.83. The Morgan fingerprint density at radius 3 is 2.67 bits per heavy atom. The van der Waals surface area contributed by atoms with Crippen LogP contribution in [0.4, 0.5) is 0 Å². The maximum Gasteiger partial charge on any atom is 0.0991 e. The first kappa shape index (κ1) is 12.4. The molecule has 0 unspecified atom stereocenters. The highest BCUT2D eigenvalue weighted by atomic mass is 32.2. The third-order valence-electron chi connectivity index (χ3n) is 3.91. The van der Waals surface area contributed by atoms with Gasteiger partial charge in [-0.25, -0.2) is 0 Å². The molecule has 1 aromatic rings. The molecule has 1 saturated carbocycles. The minimum Gasteiger partial charge on any atom is -0.192 e. The molecule has 3 rings (SSSR count). The monoisotopic (exact) mass is 275 g/mol. The van der Waals surface area contributed by atoms with Crippen LogP contribution >= 0.6 is 23.5 Å². The van der Waals surface area contributed by atoms with E-state index in [1.54, 1.807) is 0 Å². The zero-order valence-electron chi connectivity index (χ0n) is 10.3. The van der Waals surface area contributed by atoms with E-state index in [0.717, 1.165) is 16.7 Å². The Bertz CT molecular complexity index is 449. The lowest BCUT2D eigenvalue weighted by Gasteiger charge is -2.38. The van der Waals surface area contributed by atoms with Gasteiger partial charge in [-0.15, -0.1) is 23.5 Å². The highest BCUT2D eigenvalue weighted by Gasteiger charge is 2.33. The molecule has 1 aromatic carbocycles. The molecule has 0 radical (unpaired) electrons. The second-order valence-electron chi connectivity index (χ2n) is 5.12. The Hall–Kier alpha value is -0.590.